The molecule has 2 aromatic rings. The summed E-state index contributed by atoms with van der Waals surface area (Å²) < 4.78 is 5.55. The summed E-state index contributed by atoms with van der Waals surface area (Å²) in [5.74, 6) is 0.0820. The summed E-state index contributed by atoms with van der Waals surface area (Å²) in [6.45, 7) is 4.40. The van der Waals surface area contributed by atoms with E-state index in [9.17, 15) is 9.90 Å². The van der Waals surface area contributed by atoms with Crippen molar-refractivity contribution in [1.29, 1.82) is 0 Å². The fraction of sp³-hybridized carbons (Fsp3) is 0.250. The summed E-state index contributed by atoms with van der Waals surface area (Å²) in [4.78, 5) is 16.7. The Bertz CT molecular complexity index is 938. The van der Waals surface area contributed by atoms with Crippen molar-refractivity contribution < 1.29 is 14.6 Å². The number of aromatic amines is 1. The number of nitrogens with zero attached hydrogens (tertiary/aromatic N) is 1. The maximum absolute atomic E-state index is 12.0. The topological polar surface area (TPSA) is 118 Å². The number of benzene rings is 1. The van der Waals surface area contributed by atoms with Gasteiger partial charge in [-0.25, -0.2) is 0 Å². The number of hydrogen-bond acceptors (Lipinski definition) is 5. The van der Waals surface area contributed by atoms with Crippen molar-refractivity contribution in [2.45, 2.75) is 12.0 Å². The molecule has 7 nitrogen and oxygen atoms in total. The van der Waals surface area contributed by atoms with Gasteiger partial charge in [0.2, 0.25) is 5.91 Å². The molecular formula is C20H23ClN4O3. The van der Waals surface area contributed by atoms with E-state index >= 15 is 0 Å². The van der Waals surface area contributed by atoms with Gasteiger partial charge in [-0.3, -0.25) is 4.79 Å². The highest BCUT2D eigenvalue weighted by atomic mass is 35.5. The molecule has 148 valence electrons. The molecule has 0 radical (unpaired) electrons. The van der Waals surface area contributed by atoms with Crippen LogP contribution in [0, 0.1) is 0 Å². The van der Waals surface area contributed by atoms with Crippen molar-refractivity contribution in [2.24, 2.45) is 5.73 Å². The van der Waals surface area contributed by atoms with E-state index in [-0.39, 0.29) is 23.7 Å². The lowest BCUT2D eigenvalue weighted by Crippen LogP contribution is -2.28. The number of aromatic nitrogens is 1. The zero-order valence-electron chi connectivity index (χ0n) is 15.5. The molecule has 0 bridgehead atoms. The quantitative estimate of drug-likeness (QED) is 0.573. The highest BCUT2D eigenvalue weighted by Crippen LogP contribution is 2.39. The van der Waals surface area contributed by atoms with Crippen molar-refractivity contribution >= 4 is 35.1 Å². The van der Waals surface area contributed by atoms with E-state index in [2.05, 4.69) is 11.6 Å². The number of phenolic OH excluding ortho intramolecular Hbond substituents is 1. The van der Waals surface area contributed by atoms with Crippen LogP contribution in [0.15, 0.2) is 36.9 Å². The van der Waals surface area contributed by atoms with Crippen LogP contribution in [0.25, 0.3) is 11.8 Å². The fourth-order valence-corrected chi connectivity index (χ4v) is 3.82. The zero-order valence-corrected chi connectivity index (χ0v) is 16.2. The van der Waals surface area contributed by atoms with Gasteiger partial charge in [0.25, 0.3) is 0 Å². The molecule has 1 aromatic heterocycles. The first-order chi connectivity index (χ1) is 13.4. The molecule has 6 N–H and O–H groups in total. The standard InChI is InChI=1S/C20H23ClN4O3/c1-3-17(27)25-9-13(16(10-25)28-2)19-18(21)12(20(23)24-19)8-14(22)11-6-4-5-7-15(11)26/h3-8,13,16,24,26H,1,9-10,22-23H2,2H3/b14-8-. The highest BCUT2D eigenvalue weighted by molar-refractivity contribution is 6.33. The largest absolute Gasteiger partial charge is 0.507 e. The number of phenols is 1. The molecule has 1 aliphatic rings. The number of amides is 1. The summed E-state index contributed by atoms with van der Waals surface area (Å²) >= 11 is 6.61. The minimum Gasteiger partial charge on any atom is -0.507 e. The third kappa shape index (κ3) is 3.58. The van der Waals surface area contributed by atoms with Crippen LogP contribution in [0.4, 0.5) is 5.82 Å². The van der Waals surface area contributed by atoms with Crippen molar-refractivity contribution in [2.75, 3.05) is 25.9 Å². The maximum atomic E-state index is 12.0. The predicted molar refractivity (Wildman–Crippen MR) is 111 cm³/mol. The van der Waals surface area contributed by atoms with Gasteiger partial charge in [0.15, 0.2) is 0 Å². The van der Waals surface area contributed by atoms with Crippen LogP contribution >= 0.6 is 11.6 Å². The predicted octanol–water partition coefficient (Wildman–Crippen LogP) is 2.54. The summed E-state index contributed by atoms with van der Waals surface area (Å²) in [7, 11) is 1.59. The Kier molecular flexibility index (Phi) is 5.67. The van der Waals surface area contributed by atoms with Crippen molar-refractivity contribution in [3.63, 3.8) is 0 Å². The minimum atomic E-state index is -0.230. The number of anilines is 1. The van der Waals surface area contributed by atoms with Gasteiger partial charge in [0, 0.05) is 48.6 Å². The molecular weight excluding hydrogens is 380 g/mol. The fourth-order valence-electron chi connectivity index (χ4n) is 3.48. The van der Waals surface area contributed by atoms with Gasteiger partial charge in [0.05, 0.1) is 11.1 Å². The summed E-state index contributed by atoms with van der Waals surface area (Å²) in [5.41, 5.74) is 14.3. The molecule has 0 spiro atoms. The van der Waals surface area contributed by atoms with Gasteiger partial charge in [-0.1, -0.05) is 30.3 Å². The van der Waals surface area contributed by atoms with Crippen LogP contribution in [-0.2, 0) is 9.53 Å². The summed E-state index contributed by atoms with van der Waals surface area (Å²) in [5, 5.41) is 10.4. The number of methoxy groups -OCH3 is 1. The first kappa shape index (κ1) is 19.9. The lowest BCUT2D eigenvalue weighted by atomic mass is 10.0. The van der Waals surface area contributed by atoms with Crippen molar-refractivity contribution in [3.8, 4) is 5.75 Å². The average molecular weight is 403 g/mol. The first-order valence-corrected chi connectivity index (χ1v) is 9.11. The Balaban J connectivity index is 1.96. The Morgan fingerprint density at radius 2 is 2.14 bits per heavy atom. The summed E-state index contributed by atoms with van der Waals surface area (Å²) in [6.07, 6.45) is 2.67. The number of carbonyl (C=O) groups excluding carboxylic acids is 1. The van der Waals surface area contributed by atoms with Gasteiger partial charge in [0.1, 0.15) is 11.6 Å². The second-order valence-electron chi connectivity index (χ2n) is 6.62. The lowest BCUT2D eigenvalue weighted by molar-refractivity contribution is -0.125. The first-order valence-electron chi connectivity index (χ1n) is 8.73. The molecule has 28 heavy (non-hydrogen) atoms. The van der Waals surface area contributed by atoms with Crippen LogP contribution < -0.4 is 11.5 Å². The highest BCUT2D eigenvalue weighted by Gasteiger charge is 2.38. The number of aromatic hydroxyl groups is 1. The molecule has 3 rings (SSSR count). The summed E-state index contributed by atoms with van der Waals surface area (Å²) in [6, 6.07) is 6.74. The Morgan fingerprint density at radius 3 is 2.79 bits per heavy atom. The van der Waals surface area contributed by atoms with Gasteiger partial charge in [-0.05, 0) is 24.3 Å². The van der Waals surface area contributed by atoms with E-state index in [0.29, 0.717) is 46.4 Å². The number of ether oxygens (including phenoxy) is 1. The van der Waals surface area contributed by atoms with Crippen LogP contribution in [-0.4, -0.2) is 47.2 Å². The van der Waals surface area contributed by atoms with Crippen LogP contribution in [0.2, 0.25) is 5.02 Å². The third-order valence-electron chi connectivity index (χ3n) is 4.97. The number of rotatable bonds is 5. The second kappa shape index (κ2) is 8.00. The van der Waals surface area contributed by atoms with Crippen LogP contribution in [0.5, 0.6) is 5.75 Å². The van der Waals surface area contributed by atoms with Gasteiger partial charge < -0.3 is 31.2 Å². The van der Waals surface area contributed by atoms with Crippen LogP contribution in [0.1, 0.15) is 22.7 Å². The number of nitrogen functional groups attached to an aromatic ring is 1. The monoisotopic (exact) mass is 402 g/mol. The van der Waals surface area contributed by atoms with Gasteiger partial charge >= 0.3 is 0 Å². The van der Waals surface area contributed by atoms with E-state index in [1.54, 1.807) is 42.4 Å². The molecule has 0 saturated carbocycles. The number of halogens is 1. The molecule has 2 atom stereocenters. The Hall–Kier alpha value is -2.90. The Labute approximate surface area is 168 Å². The molecule has 1 fully saturated rings. The molecule has 2 heterocycles. The molecule has 1 aliphatic heterocycles. The van der Waals surface area contributed by atoms with Crippen molar-refractivity contribution in [3.05, 3.63) is 58.8 Å². The third-order valence-corrected chi connectivity index (χ3v) is 5.38. The van der Waals surface area contributed by atoms with E-state index in [1.807, 2.05) is 0 Å². The Morgan fingerprint density at radius 1 is 1.43 bits per heavy atom. The minimum absolute atomic E-state index is 0.0653. The number of likely N-dealkylation sites (tertiary alicyclic amines) is 1. The number of H-pyrrole nitrogens is 1. The maximum Gasteiger partial charge on any atom is 0.246 e. The smallest absolute Gasteiger partial charge is 0.246 e. The molecule has 1 amide bonds. The normalized spacial score (nSPS) is 19.8. The second-order valence-corrected chi connectivity index (χ2v) is 7.00. The van der Waals surface area contributed by atoms with E-state index in [4.69, 9.17) is 27.8 Å². The molecule has 1 saturated heterocycles. The number of para-hydroxylation sites is 1. The van der Waals surface area contributed by atoms with Gasteiger partial charge in [-0.2, -0.15) is 0 Å². The van der Waals surface area contributed by atoms with Crippen molar-refractivity contribution in [1.82, 2.24) is 9.88 Å². The lowest BCUT2D eigenvalue weighted by Gasteiger charge is -2.15. The average Bonchev–Trinajstić information content (AvgIpc) is 3.23. The van der Waals surface area contributed by atoms with E-state index in [0.717, 1.165) is 0 Å². The molecule has 8 heteroatoms. The number of nitrogens with one attached hydrogen (secondary N) is 1. The molecule has 1 aromatic carbocycles. The molecule has 2 unspecified atom stereocenters. The number of carbonyl (C=O) groups is 1. The number of hydrogen-bond donors (Lipinski definition) is 4. The zero-order chi connectivity index (χ0) is 20.4. The molecule has 0 aliphatic carbocycles. The van der Waals surface area contributed by atoms with E-state index < -0.39 is 0 Å². The van der Waals surface area contributed by atoms with Crippen LogP contribution in [0.3, 0.4) is 0 Å². The number of nitrogens with two attached hydrogens (primary N) is 2. The van der Waals surface area contributed by atoms with Gasteiger partial charge in [-0.15, -0.1) is 0 Å². The van der Waals surface area contributed by atoms with E-state index in [1.165, 1.54) is 6.08 Å². The SMILES string of the molecule is C=CC(=O)N1CC(OC)C(c2[nH]c(N)c(/C=C(\N)c3ccccc3O)c2Cl)C1.